The first kappa shape index (κ1) is 16.3. The van der Waals surface area contributed by atoms with Gasteiger partial charge in [0.1, 0.15) is 5.75 Å². The lowest BCUT2D eigenvalue weighted by Crippen LogP contribution is -1.87. The number of aliphatic imine (C=N–C) groups is 1. The maximum absolute atomic E-state index is 5.14. The predicted molar refractivity (Wildman–Crippen MR) is 94.5 cm³/mol. The first-order chi connectivity index (χ1) is 10.8. The summed E-state index contributed by atoms with van der Waals surface area (Å²) in [6.45, 7) is 2.25. The topological polar surface area (TPSA) is 21.6 Å². The van der Waals surface area contributed by atoms with Gasteiger partial charge >= 0.3 is 0 Å². The Kier molecular flexibility index (Phi) is 6.69. The number of nitrogens with zero attached hydrogens (tertiary/aromatic N) is 1. The summed E-state index contributed by atoms with van der Waals surface area (Å²) in [6, 6.07) is 16.5. The maximum atomic E-state index is 5.14. The van der Waals surface area contributed by atoms with Crippen molar-refractivity contribution in [2.24, 2.45) is 4.99 Å². The summed E-state index contributed by atoms with van der Waals surface area (Å²) in [5.74, 6) is 0.853. The second-order valence-corrected chi connectivity index (χ2v) is 5.51. The van der Waals surface area contributed by atoms with E-state index >= 15 is 0 Å². The highest BCUT2D eigenvalue weighted by molar-refractivity contribution is 5.81. The lowest BCUT2D eigenvalue weighted by atomic mass is 10.0. The lowest BCUT2D eigenvalue weighted by Gasteiger charge is -2.02. The zero-order chi connectivity index (χ0) is 15.6. The standard InChI is InChI=1S/C20H25NO/c1-3-4-5-6-7-17-8-10-18(11-9-17)16-21-19-12-14-20(22-2)15-13-19/h8-16H,3-7H2,1-2H3. The molecule has 0 aromatic heterocycles. The van der Waals surface area contributed by atoms with Crippen molar-refractivity contribution in [1.29, 1.82) is 0 Å². The van der Waals surface area contributed by atoms with Gasteiger partial charge in [-0.05, 0) is 48.2 Å². The van der Waals surface area contributed by atoms with Crippen molar-refractivity contribution in [2.45, 2.75) is 39.0 Å². The minimum Gasteiger partial charge on any atom is -0.497 e. The van der Waals surface area contributed by atoms with Crippen LogP contribution in [0.3, 0.4) is 0 Å². The molecule has 0 fully saturated rings. The molecule has 0 radical (unpaired) electrons. The van der Waals surface area contributed by atoms with Crippen LogP contribution >= 0.6 is 0 Å². The Morgan fingerprint density at radius 2 is 1.64 bits per heavy atom. The molecule has 0 amide bonds. The van der Waals surface area contributed by atoms with E-state index in [1.165, 1.54) is 37.7 Å². The summed E-state index contributed by atoms with van der Waals surface area (Å²) in [5, 5.41) is 0. The van der Waals surface area contributed by atoms with Crippen LogP contribution in [0.25, 0.3) is 0 Å². The summed E-state index contributed by atoms with van der Waals surface area (Å²) in [5.41, 5.74) is 3.48. The van der Waals surface area contributed by atoms with Crippen molar-refractivity contribution in [1.82, 2.24) is 0 Å². The second kappa shape index (κ2) is 9.04. The molecule has 0 heterocycles. The predicted octanol–water partition coefficient (Wildman–Crippen LogP) is 5.57. The van der Waals surface area contributed by atoms with Gasteiger partial charge in [0.2, 0.25) is 0 Å². The monoisotopic (exact) mass is 295 g/mol. The van der Waals surface area contributed by atoms with Crippen LogP contribution in [-0.2, 0) is 6.42 Å². The van der Waals surface area contributed by atoms with Gasteiger partial charge in [-0.25, -0.2) is 0 Å². The largest absolute Gasteiger partial charge is 0.497 e. The second-order valence-electron chi connectivity index (χ2n) is 5.51. The highest BCUT2D eigenvalue weighted by Crippen LogP contribution is 2.17. The Morgan fingerprint density at radius 1 is 0.909 bits per heavy atom. The number of ether oxygens (including phenoxy) is 1. The van der Waals surface area contributed by atoms with Gasteiger partial charge in [-0.15, -0.1) is 0 Å². The van der Waals surface area contributed by atoms with E-state index in [0.717, 1.165) is 17.0 Å². The molecule has 2 heteroatoms. The van der Waals surface area contributed by atoms with Gasteiger partial charge in [0.25, 0.3) is 0 Å². The van der Waals surface area contributed by atoms with Gasteiger partial charge in [0, 0.05) is 6.21 Å². The Morgan fingerprint density at radius 3 is 2.27 bits per heavy atom. The van der Waals surface area contributed by atoms with E-state index in [1.807, 2.05) is 30.5 Å². The number of methoxy groups -OCH3 is 1. The van der Waals surface area contributed by atoms with Crippen LogP contribution in [-0.4, -0.2) is 13.3 Å². The SMILES string of the molecule is CCCCCCc1ccc(C=Nc2ccc(OC)cc2)cc1. The van der Waals surface area contributed by atoms with E-state index in [1.54, 1.807) is 7.11 Å². The normalized spacial score (nSPS) is 11.0. The fraction of sp³-hybridized carbons (Fsp3) is 0.350. The number of hydrogen-bond donors (Lipinski definition) is 0. The van der Waals surface area contributed by atoms with Crippen molar-refractivity contribution in [3.05, 3.63) is 59.7 Å². The van der Waals surface area contributed by atoms with E-state index in [9.17, 15) is 0 Å². The highest BCUT2D eigenvalue weighted by atomic mass is 16.5. The summed E-state index contributed by atoms with van der Waals surface area (Å²) in [6.07, 6.45) is 8.33. The Labute approximate surface area is 133 Å². The van der Waals surface area contributed by atoms with Gasteiger partial charge in [-0.3, -0.25) is 4.99 Å². The summed E-state index contributed by atoms with van der Waals surface area (Å²) < 4.78 is 5.14. The fourth-order valence-electron chi connectivity index (χ4n) is 2.34. The minimum atomic E-state index is 0.853. The van der Waals surface area contributed by atoms with Crippen molar-refractivity contribution in [2.75, 3.05) is 7.11 Å². The number of aryl methyl sites for hydroxylation is 1. The van der Waals surface area contributed by atoms with Crippen molar-refractivity contribution >= 4 is 11.9 Å². The molecule has 0 aliphatic heterocycles. The van der Waals surface area contributed by atoms with E-state index in [2.05, 4.69) is 36.2 Å². The van der Waals surface area contributed by atoms with E-state index in [-0.39, 0.29) is 0 Å². The Balaban J connectivity index is 1.88. The zero-order valence-corrected chi connectivity index (χ0v) is 13.6. The third kappa shape index (κ3) is 5.36. The molecule has 0 N–H and O–H groups in total. The van der Waals surface area contributed by atoms with Gasteiger partial charge in [-0.1, -0.05) is 50.5 Å². The molecule has 0 spiro atoms. The fourth-order valence-corrected chi connectivity index (χ4v) is 2.34. The van der Waals surface area contributed by atoms with E-state index < -0.39 is 0 Å². The molecule has 0 bridgehead atoms. The highest BCUT2D eigenvalue weighted by Gasteiger charge is 1.95. The van der Waals surface area contributed by atoms with E-state index in [0.29, 0.717) is 0 Å². The number of hydrogen-bond acceptors (Lipinski definition) is 2. The van der Waals surface area contributed by atoms with Gasteiger partial charge in [-0.2, -0.15) is 0 Å². The molecule has 2 nitrogen and oxygen atoms in total. The van der Waals surface area contributed by atoms with Crippen LogP contribution in [0.5, 0.6) is 5.75 Å². The first-order valence-electron chi connectivity index (χ1n) is 8.09. The summed E-state index contributed by atoms with van der Waals surface area (Å²) in [4.78, 5) is 4.49. The molecule has 0 atom stereocenters. The van der Waals surface area contributed by atoms with Crippen molar-refractivity contribution < 1.29 is 4.74 Å². The molecule has 2 aromatic rings. The quantitative estimate of drug-likeness (QED) is 0.461. The molecule has 0 aliphatic rings. The van der Waals surface area contributed by atoms with Gasteiger partial charge in [0.15, 0.2) is 0 Å². The minimum absolute atomic E-state index is 0.853. The third-order valence-corrected chi connectivity index (χ3v) is 3.73. The third-order valence-electron chi connectivity index (χ3n) is 3.73. The van der Waals surface area contributed by atoms with Crippen LogP contribution in [0.1, 0.15) is 43.7 Å². The lowest BCUT2D eigenvalue weighted by molar-refractivity contribution is 0.415. The van der Waals surface area contributed by atoms with Crippen molar-refractivity contribution in [3.8, 4) is 5.75 Å². The first-order valence-corrected chi connectivity index (χ1v) is 8.09. The van der Waals surface area contributed by atoms with Crippen LogP contribution < -0.4 is 4.74 Å². The number of unbranched alkanes of at least 4 members (excludes halogenated alkanes) is 3. The Bertz CT molecular complexity index is 570. The Hall–Kier alpha value is -2.09. The number of rotatable bonds is 8. The average Bonchev–Trinajstić information content (AvgIpc) is 2.58. The smallest absolute Gasteiger partial charge is 0.119 e. The maximum Gasteiger partial charge on any atom is 0.119 e. The van der Waals surface area contributed by atoms with Gasteiger partial charge < -0.3 is 4.74 Å². The molecule has 22 heavy (non-hydrogen) atoms. The molecular formula is C20H25NO. The molecule has 116 valence electrons. The molecule has 0 unspecified atom stereocenters. The van der Waals surface area contributed by atoms with Crippen LogP contribution in [0.4, 0.5) is 5.69 Å². The molecule has 0 saturated heterocycles. The molecule has 0 saturated carbocycles. The van der Waals surface area contributed by atoms with Crippen molar-refractivity contribution in [3.63, 3.8) is 0 Å². The van der Waals surface area contributed by atoms with Crippen LogP contribution in [0, 0.1) is 0 Å². The van der Waals surface area contributed by atoms with Crippen LogP contribution in [0.15, 0.2) is 53.5 Å². The number of benzene rings is 2. The molecule has 2 aromatic carbocycles. The summed E-state index contributed by atoms with van der Waals surface area (Å²) in [7, 11) is 1.67. The molecular weight excluding hydrogens is 270 g/mol. The average molecular weight is 295 g/mol. The van der Waals surface area contributed by atoms with E-state index in [4.69, 9.17) is 4.74 Å². The zero-order valence-electron chi connectivity index (χ0n) is 13.6. The summed E-state index contributed by atoms with van der Waals surface area (Å²) >= 11 is 0. The van der Waals surface area contributed by atoms with Crippen LogP contribution in [0.2, 0.25) is 0 Å². The van der Waals surface area contributed by atoms with Gasteiger partial charge in [0.05, 0.1) is 12.8 Å². The molecule has 2 rings (SSSR count). The molecule has 0 aliphatic carbocycles.